The third-order valence-corrected chi connectivity index (χ3v) is 3.91. The predicted molar refractivity (Wildman–Crippen MR) is 100 cm³/mol. The van der Waals surface area contributed by atoms with Crippen molar-refractivity contribution in [2.75, 3.05) is 13.2 Å². The molecule has 0 aliphatic rings. The lowest BCUT2D eigenvalue weighted by molar-refractivity contribution is 0.132. The first-order valence-corrected chi connectivity index (χ1v) is 8.71. The van der Waals surface area contributed by atoms with Crippen molar-refractivity contribution in [3.63, 3.8) is 0 Å². The molecule has 0 spiro atoms. The topological polar surface area (TPSA) is 63.8 Å². The van der Waals surface area contributed by atoms with E-state index in [1.54, 1.807) is 12.3 Å². The van der Waals surface area contributed by atoms with Gasteiger partial charge in [-0.3, -0.25) is 0 Å². The van der Waals surface area contributed by atoms with Crippen molar-refractivity contribution in [2.45, 2.75) is 20.5 Å². The van der Waals surface area contributed by atoms with Gasteiger partial charge in [-0.2, -0.15) is 5.26 Å². The van der Waals surface area contributed by atoms with Crippen LogP contribution in [0.2, 0.25) is 0 Å². The summed E-state index contributed by atoms with van der Waals surface area (Å²) in [5.41, 5.74) is 2.14. The monoisotopic (exact) mass is 402 g/mol. The van der Waals surface area contributed by atoms with Gasteiger partial charge in [0.1, 0.15) is 18.1 Å². The van der Waals surface area contributed by atoms with E-state index < -0.39 is 0 Å². The Kier molecular flexibility index (Phi) is 7.30. The maximum absolute atomic E-state index is 9.07. The van der Waals surface area contributed by atoms with Crippen LogP contribution in [0.1, 0.15) is 30.5 Å². The van der Waals surface area contributed by atoms with Crippen LogP contribution in [0.25, 0.3) is 0 Å². The number of nitriles is 1. The minimum absolute atomic E-state index is 0.225. The van der Waals surface area contributed by atoms with Gasteiger partial charge < -0.3 is 14.3 Å². The first-order chi connectivity index (χ1) is 12.2. The maximum atomic E-state index is 9.07. The summed E-state index contributed by atoms with van der Waals surface area (Å²) in [4.78, 5) is 5.33. The smallest absolute Gasteiger partial charge is 0.143 e. The van der Waals surface area contributed by atoms with Gasteiger partial charge in [0.05, 0.1) is 35.5 Å². The summed E-state index contributed by atoms with van der Waals surface area (Å²) in [6.45, 7) is 5.17. The Morgan fingerprint density at radius 1 is 1.12 bits per heavy atom. The largest absolute Gasteiger partial charge is 0.493 e. The predicted octanol–water partition coefficient (Wildman–Crippen LogP) is 4.67. The second kappa shape index (κ2) is 9.70. The Morgan fingerprint density at radius 2 is 1.84 bits per heavy atom. The van der Waals surface area contributed by atoms with Crippen LogP contribution in [0.5, 0.6) is 11.5 Å². The number of rotatable bonds is 8. The van der Waals surface area contributed by atoms with E-state index in [-0.39, 0.29) is 6.61 Å². The molecular weight excluding hydrogens is 384 g/mol. The van der Waals surface area contributed by atoms with Gasteiger partial charge in [0.2, 0.25) is 0 Å². The lowest BCUT2D eigenvalue weighted by Crippen LogP contribution is -2.00. The van der Waals surface area contributed by atoms with Crippen molar-refractivity contribution < 1.29 is 14.3 Å². The van der Waals surface area contributed by atoms with Crippen LogP contribution in [0.4, 0.5) is 0 Å². The van der Waals surface area contributed by atoms with Gasteiger partial charge in [0.15, 0.2) is 0 Å². The van der Waals surface area contributed by atoms with Gasteiger partial charge in [-0.25, -0.2) is 0 Å². The van der Waals surface area contributed by atoms with Crippen LogP contribution < -0.4 is 9.47 Å². The molecule has 0 aliphatic carbocycles. The Morgan fingerprint density at radius 3 is 2.56 bits per heavy atom. The number of halogens is 1. The van der Waals surface area contributed by atoms with Crippen molar-refractivity contribution in [1.29, 1.82) is 5.26 Å². The summed E-state index contributed by atoms with van der Waals surface area (Å²) >= 11 is 3.48. The van der Waals surface area contributed by atoms with Crippen LogP contribution in [0, 0.1) is 11.3 Å². The summed E-state index contributed by atoms with van der Waals surface area (Å²) in [5, 5.41) is 13.1. The molecule has 2 aromatic carbocycles. The number of benzene rings is 2. The first kappa shape index (κ1) is 18.8. The number of ether oxygens (including phenoxy) is 2. The summed E-state index contributed by atoms with van der Waals surface area (Å²) in [7, 11) is 0. The molecule has 0 unspecified atom stereocenters. The molecule has 0 fully saturated rings. The third kappa shape index (κ3) is 5.23. The summed E-state index contributed by atoms with van der Waals surface area (Å²) in [6, 6.07) is 13.1. The number of oxime groups is 1. The quantitative estimate of drug-likeness (QED) is 0.475. The van der Waals surface area contributed by atoms with E-state index in [1.807, 2.05) is 44.2 Å². The molecule has 0 saturated heterocycles. The molecular formula is C19H19BrN2O3. The Labute approximate surface area is 155 Å². The molecule has 2 aromatic rings. The average molecular weight is 403 g/mol. The lowest BCUT2D eigenvalue weighted by Gasteiger charge is -2.12. The zero-order valence-corrected chi connectivity index (χ0v) is 15.7. The second-order valence-corrected chi connectivity index (χ2v) is 5.82. The molecule has 0 saturated carbocycles. The van der Waals surface area contributed by atoms with Crippen molar-refractivity contribution >= 4 is 22.1 Å². The van der Waals surface area contributed by atoms with Crippen LogP contribution >= 0.6 is 15.9 Å². The maximum Gasteiger partial charge on any atom is 0.143 e. The van der Waals surface area contributed by atoms with Gasteiger partial charge in [-0.15, -0.1) is 0 Å². The van der Waals surface area contributed by atoms with E-state index in [9.17, 15) is 0 Å². The standard InChI is InChI=1S/C19H19BrN2O3/c1-3-23-18-10-19(24-4-2)17(20)9-16(18)12-22-25-13-15-8-6-5-7-14(15)11-21/h5-10,12H,3-4,13H2,1-2H3/b22-12-. The molecule has 0 heterocycles. The molecule has 0 amide bonds. The van der Waals surface area contributed by atoms with Crippen molar-refractivity contribution in [1.82, 2.24) is 0 Å². The fourth-order valence-corrected chi connectivity index (χ4v) is 2.63. The van der Waals surface area contributed by atoms with Crippen molar-refractivity contribution in [3.05, 3.63) is 57.6 Å². The minimum Gasteiger partial charge on any atom is -0.493 e. The first-order valence-electron chi connectivity index (χ1n) is 7.92. The number of hydrogen-bond acceptors (Lipinski definition) is 5. The SMILES string of the molecule is CCOc1cc(OCC)c(/C=N\OCc2ccccc2C#N)cc1Br. The highest BCUT2D eigenvalue weighted by Gasteiger charge is 2.09. The highest BCUT2D eigenvalue weighted by Crippen LogP contribution is 2.32. The van der Waals surface area contributed by atoms with Crippen LogP contribution in [0.15, 0.2) is 46.0 Å². The molecule has 130 valence electrons. The van der Waals surface area contributed by atoms with E-state index in [0.29, 0.717) is 30.3 Å². The lowest BCUT2D eigenvalue weighted by atomic mass is 10.1. The van der Waals surface area contributed by atoms with Crippen molar-refractivity contribution in [2.24, 2.45) is 5.16 Å². The highest BCUT2D eigenvalue weighted by molar-refractivity contribution is 9.10. The van der Waals surface area contributed by atoms with E-state index in [2.05, 4.69) is 27.2 Å². The third-order valence-electron chi connectivity index (χ3n) is 3.29. The van der Waals surface area contributed by atoms with Gasteiger partial charge in [-0.05, 0) is 41.9 Å². The summed E-state index contributed by atoms with van der Waals surface area (Å²) in [5.74, 6) is 1.38. The molecule has 0 aromatic heterocycles. The van der Waals surface area contributed by atoms with E-state index in [4.69, 9.17) is 19.6 Å². The zero-order valence-electron chi connectivity index (χ0n) is 14.2. The summed E-state index contributed by atoms with van der Waals surface area (Å²) in [6.07, 6.45) is 1.58. The van der Waals surface area contributed by atoms with Crippen LogP contribution in [0.3, 0.4) is 0 Å². The number of hydrogen-bond donors (Lipinski definition) is 0. The van der Waals surface area contributed by atoms with Crippen LogP contribution in [-0.2, 0) is 11.4 Å². The Hall–Kier alpha value is -2.52. The van der Waals surface area contributed by atoms with Crippen LogP contribution in [-0.4, -0.2) is 19.4 Å². The fourth-order valence-electron chi connectivity index (χ4n) is 2.15. The number of nitrogens with zero attached hydrogens (tertiary/aromatic N) is 2. The molecule has 25 heavy (non-hydrogen) atoms. The highest BCUT2D eigenvalue weighted by atomic mass is 79.9. The normalized spacial score (nSPS) is 10.5. The molecule has 5 nitrogen and oxygen atoms in total. The minimum atomic E-state index is 0.225. The van der Waals surface area contributed by atoms with Gasteiger partial charge >= 0.3 is 0 Å². The van der Waals surface area contributed by atoms with E-state index >= 15 is 0 Å². The summed E-state index contributed by atoms with van der Waals surface area (Å²) < 4.78 is 12.0. The zero-order chi connectivity index (χ0) is 18.1. The molecule has 0 bridgehead atoms. The molecule has 0 aliphatic heterocycles. The van der Waals surface area contributed by atoms with Gasteiger partial charge in [0.25, 0.3) is 0 Å². The average Bonchev–Trinajstić information content (AvgIpc) is 2.62. The molecule has 0 N–H and O–H groups in total. The fraction of sp³-hybridized carbons (Fsp3) is 0.263. The Bertz CT molecular complexity index is 785. The van der Waals surface area contributed by atoms with E-state index in [1.165, 1.54) is 0 Å². The molecule has 2 rings (SSSR count). The van der Waals surface area contributed by atoms with Gasteiger partial charge in [0, 0.05) is 17.2 Å². The Balaban J connectivity index is 2.11. The molecule has 0 radical (unpaired) electrons. The molecule has 6 heteroatoms. The molecule has 0 atom stereocenters. The van der Waals surface area contributed by atoms with E-state index in [0.717, 1.165) is 15.6 Å². The van der Waals surface area contributed by atoms with Crippen molar-refractivity contribution in [3.8, 4) is 17.6 Å². The van der Waals surface area contributed by atoms with Gasteiger partial charge in [-0.1, -0.05) is 23.4 Å². The second-order valence-electron chi connectivity index (χ2n) is 4.96.